The number of H-pyrrole nitrogens is 1. The Morgan fingerprint density at radius 3 is 1.94 bits per heavy atom. The number of aromatic amines is 1. The van der Waals surface area contributed by atoms with Crippen LogP contribution in [0.25, 0.3) is 0 Å². The highest BCUT2D eigenvalue weighted by Gasteiger charge is 2.43. The topological polar surface area (TPSA) is 349 Å². The van der Waals surface area contributed by atoms with Gasteiger partial charge in [0.2, 0.25) is 41.4 Å². The van der Waals surface area contributed by atoms with Gasteiger partial charge in [-0.1, -0.05) is 46.2 Å². The van der Waals surface area contributed by atoms with Gasteiger partial charge in [-0.15, -0.1) is 0 Å². The maximum absolute atomic E-state index is 14.7. The zero-order valence-electron chi connectivity index (χ0n) is 39.5. The fraction of sp³-hybridized carbons (Fsp3) is 0.600. The van der Waals surface area contributed by atoms with E-state index in [0.29, 0.717) is 36.9 Å². The summed E-state index contributed by atoms with van der Waals surface area (Å²) in [4.78, 5) is 123. The molecule has 2 aliphatic rings. The molecule has 0 spiro atoms. The van der Waals surface area contributed by atoms with E-state index in [4.69, 9.17) is 11.5 Å². The molecule has 23 nitrogen and oxygen atoms in total. The highest BCUT2D eigenvalue weighted by atomic mass is 16.4. The van der Waals surface area contributed by atoms with E-state index in [1.165, 1.54) is 34.5 Å². The zero-order valence-corrected chi connectivity index (χ0v) is 39.5. The van der Waals surface area contributed by atoms with Crippen LogP contribution in [-0.4, -0.2) is 159 Å². The average molecular weight is 952 g/mol. The summed E-state index contributed by atoms with van der Waals surface area (Å²) in [7, 11) is 1.57. The van der Waals surface area contributed by atoms with Crippen molar-refractivity contribution in [2.24, 2.45) is 28.3 Å². The third-order valence-corrected chi connectivity index (χ3v) is 12.2. The Morgan fingerprint density at radius 2 is 1.41 bits per heavy atom. The molecule has 8 atom stereocenters. The molecule has 374 valence electrons. The Hall–Kier alpha value is -6.78. The van der Waals surface area contributed by atoms with Gasteiger partial charge in [0, 0.05) is 44.4 Å². The molecule has 23 heteroatoms. The van der Waals surface area contributed by atoms with Gasteiger partial charge in [-0.25, -0.2) is 9.78 Å². The second kappa shape index (κ2) is 25.9. The maximum Gasteiger partial charge on any atom is 0.326 e. The smallest absolute Gasteiger partial charge is 0.326 e. The molecule has 2 saturated heterocycles. The van der Waals surface area contributed by atoms with E-state index < -0.39 is 95.5 Å². The van der Waals surface area contributed by atoms with Crippen LogP contribution in [-0.2, 0) is 51.2 Å². The lowest BCUT2D eigenvalue weighted by molar-refractivity contribution is -0.146. The number of carboxylic acids is 1. The third-order valence-electron chi connectivity index (χ3n) is 12.2. The first kappa shape index (κ1) is 53.8. The molecule has 7 amide bonds. The maximum atomic E-state index is 14.7. The van der Waals surface area contributed by atoms with Crippen LogP contribution in [0.15, 0.2) is 41.8 Å². The number of nitrogens with two attached hydrogens (primary N) is 2. The summed E-state index contributed by atoms with van der Waals surface area (Å²) in [5, 5.41) is 36.2. The molecular weight excluding hydrogens is 883 g/mol. The minimum atomic E-state index is -1.28. The highest BCUT2D eigenvalue weighted by Crippen LogP contribution is 2.24. The number of phenolic OH excluding ortho intramolecular Hbond substituents is 1. The number of imidazole rings is 1. The number of nitrogens with zero attached hydrogens (tertiary/aromatic N) is 4. The van der Waals surface area contributed by atoms with Crippen LogP contribution >= 0.6 is 0 Å². The number of carbonyl (C=O) groups is 8. The van der Waals surface area contributed by atoms with E-state index in [9.17, 15) is 48.6 Å². The first-order chi connectivity index (χ1) is 32.3. The minimum absolute atomic E-state index is 0.0233. The number of benzene rings is 1. The molecule has 4 rings (SSSR count). The van der Waals surface area contributed by atoms with Crippen LogP contribution in [0.1, 0.15) is 83.9 Å². The van der Waals surface area contributed by atoms with E-state index in [1.807, 2.05) is 6.92 Å². The number of aliphatic carboxylic acids is 1. The highest BCUT2D eigenvalue weighted by molar-refractivity contribution is 5.98. The molecule has 0 unspecified atom stereocenters. The third kappa shape index (κ3) is 15.4. The van der Waals surface area contributed by atoms with Gasteiger partial charge in [0.1, 0.15) is 48.0 Å². The summed E-state index contributed by atoms with van der Waals surface area (Å²) in [5.41, 5.74) is 12.0. The lowest BCUT2D eigenvalue weighted by Crippen LogP contribution is -2.61. The molecule has 2 fully saturated rings. The van der Waals surface area contributed by atoms with Crippen molar-refractivity contribution in [3.63, 3.8) is 0 Å². The number of hydrogen-bond acceptors (Lipinski definition) is 12. The number of likely N-dealkylation sites (N-methyl/N-ethyl adjacent to an activating group) is 1. The van der Waals surface area contributed by atoms with E-state index in [-0.39, 0.29) is 75.9 Å². The van der Waals surface area contributed by atoms with Crippen molar-refractivity contribution in [1.82, 2.24) is 51.7 Å². The molecule has 0 saturated carbocycles. The van der Waals surface area contributed by atoms with Crippen molar-refractivity contribution in [2.75, 3.05) is 33.2 Å². The molecule has 3 heterocycles. The number of aromatic nitrogens is 2. The number of phenols is 1. The van der Waals surface area contributed by atoms with Gasteiger partial charge in [-0.05, 0) is 75.1 Å². The fourth-order valence-corrected chi connectivity index (χ4v) is 8.32. The number of guanidine groups is 1. The normalized spacial score (nSPS) is 18.3. The van der Waals surface area contributed by atoms with Crippen molar-refractivity contribution in [2.45, 2.75) is 128 Å². The van der Waals surface area contributed by atoms with E-state index in [1.54, 1.807) is 40.0 Å². The van der Waals surface area contributed by atoms with Gasteiger partial charge >= 0.3 is 5.97 Å². The van der Waals surface area contributed by atoms with Crippen LogP contribution in [0, 0.1) is 11.8 Å². The number of nitrogens with one attached hydrogen (secondary N) is 7. The predicted molar refractivity (Wildman–Crippen MR) is 249 cm³/mol. The molecule has 0 aliphatic carbocycles. The van der Waals surface area contributed by atoms with Crippen LogP contribution in [0.4, 0.5) is 0 Å². The second-order valence-corrected chi connectivity index (χ2v) is 17.7. The quantitative estimate of drug-likeness (QED) is 0.0303. The summed E-state index contributed by atoms with van der Waals surface area (Å²) >= 11 is 0. The van der Waals surface area contributed by atoms with E-state index >= 15 is 0 Å². The summed E-state index contributed by atoms with van der Waals surface area (Å²) < 4.78 is 0. The second-order valence-electron chi connectivity index (χ2n) is 17.7. The molecular formula is C45H69N13O10. The molecule has 0 radical (unpaired) electrons. The molecule has 1 aromatic heterocycles. The molecule has 2 aromatic rings. The van der Waals surface area contributed by atoms with Gasteiger partial charge in [0.25, 0.3) is 0 Å². The first-order valence-corrected chi connectivity index (χ1v) is 23.1. The number of amides is 7. The van der Waals surface area contributed by atoms with Crippen molar-refractivity contribution in [3.05, 3.63) is 48.0 Å². The average Bonchev–Trinajstić information content (AvgIpc) is 4.11. The molecule has 1 aromatic carbocycles. The number of aromatic hydroxyl groups is 1. The first-order valence-electron chi connectivity index (χ1n) is 23.1. The van der Waals surface area contributed by atoms with Gasteiger partial charge in [0.15, 0.2) is 5.96 Å². The Balaban J connectivity index is 1.57. The van der Waals surface area contributed by atoms with Crippen molar-refractivity contribution in [3.8, 4) is 5.75 Å². The van der Waals surface area contributed by atoms with E-state index in [2.05, 4.69) is 46.9 Å². The standard InChI is InChI=1S/C45H69N13O10/c1-6-26(4)37(44(67)68)56-40(63)34-12-9-19-58(34)43(66)32(21-28-22-49-24-51-28)53-39(62)33-11-8-18-57(33)42(65)31(20-27-13-15-29(59)16-14-27)54-41(64)36(25(2)3)55-38(61)30(52-35(60)23-48-5)10-7-17-50-45(46)47/h13-16,22,24-26,30-34,36-37,48,59H,6-12,17-21,23H2,1-5H3,(H,49,51)(H,52,60)(H,53,62)(H,54,64)(H,55,61)(H,56,63)(H,67,68)(H4,46,47,50)/t26-,30-,31-,32-,33-,34-,36-,37-/m0/s1. The Kier molecular flexibility index (Phi) is 20.5. The van der Waals surface area contributed by atoms with Crippen molar-refractivity contribution < 1.29 is 48.6 Å². The number of likely N-dealkylation sites (tertiary alicyclic amines) is 2. The van der Waals surface area contributed by atoms with Gasteiger partial charge in [-0.2, -0.15) is 0 Å². The lowest BCUT2D eigenvalue weighted by Gasteiger charge is -2.33. The largest absolute Gasteiger partial charge is 0.508 e. The number of carbonyl (C=O) groups excluding carboxylic acids is 7. The molecule has 68 heavy (non-hydrogen) atoms. The summed E-state index contributed by atoms with van der Waals surface area (Å²) in [6.45, 7) is 7.35. The zero-order chi connectivity index (χ0) is 50.1. The monoisotopic (exact) mass is 952 g/mol. The van der Waals surface area contributed by atoms with Gasteiger partial charge in [0.05, 0.1) is 12.9 Å². The minimum Gasteiger partial charge on any atom is -0.508 e. The number of carboxylic acid groups (broad SMARTS) is 1. The predicted octanol–water partition coefficient (Wildman–Crippen LogP) is -1.63. The van der Waals surface area contributed by atoms with Crippen LogP contribution in [0.2, 0.25) is 0 Å². The van der Waals surface area contributed by atoms with Crippen molar-refractivity contribution >= 4 is 53.3 Å². The van der Waals surface area contributed by atoms with Crippen LogP contribution < -0.4 is 43.4 Å². The molecule has 2 aliphatic heterocycles. The van der Waals surface area contributed by atoms with E-state index in [0.717, 1.165) is 0 Å². The molecule has 13 N–H and O–H groups in total. The Bertz CT molecular complexity index is 2080. The summed E-state index contributed by atoms with van der Waals surface area (Å²) in [6.07, 6.45) is 5.13. The summed E-state index contributed by atoms with van der Waals surface area (Å²) in [6, 6.07) is -1.95. The van der Waals surface area contributed by atoms with Crippen LogP contribution in [0.3, 0.4) is 0 Å². The lowest BCUT2D eigenvalue weighted by atomic mass is 9.98. The Morgan fingerprint density at radius 1 is 0.809 bits per heavy atom. The van der Waals surface area contributed by atoms with Crippen molar-refractivity contribution in [1.29, 1.82) is 0 Å². The van der Waals surface area contributed by atoms with Gasteiger partial charge < -0.3 is 68.4 Å². The SMILES string of the molecule is CC[C@H](C)[C@H](NC(=O)[C@@H]1CCCN1C(=O)[C@H](Cc1cnc[nH]1)NC(=O)[C@@H]1CCCN1C(=O)[C@H](Cc1ccc(O)cc1)NC(=O)[C@@H](NC(=O)[C@H](CCCN=C(N)N)NC(=O)CNC)C(C)C)C(=O)O. The fourth-order valence-electron chi connectivity index (χ4n) is 8.32. The number of rotatable bonds is 25. The number of aliphatic imine (C=N–C) groups is 1. The Labute approximate surface area is 395 Å². The van der Waals surface area contributed by atoms with Gasteiger partial charge in [-0.3, -0.25) is 38.6 Å². The number of hydrogen-bond donors (Lipinski definition) is 11. The van der Waals surface area contributed by atoms with Crippen LogP contribution in [0.5, 0.6) is 5.75 Å². The molecule has 0 bridgehead atoms. The summed E-state index contributed by atoms with van der Waals surface area (Å²) in [5.74, 6) is -6.50.